The third-order valence-corrected chi connectivity index (χ3v) is 5.09. The fourth-order valence-corrected chi connectivity index (χ4v) is 3.05. The molecular formula is C21H24N4O4. The summed E-state index contributed by atoms with van der Waals surface area (Å²) in [5.74, 6) is 1.22. The smallest absolute Gasteiger partial charge is 0.335 e. The van der Waals surface area contributed by atoms with Crippen LogP contribution in [0.3, 0.4) is 0 Å². The lowest BCUT2D eigenvalue weighted by atomic mass is 10.1. The van der Waals surface area contributed by atoms with Gasteiger partial charge in [-0.05, 0) is 49.7 Å². The number of nitrogens with one attached hydrogen (secondary N) is 1. The van der Waals surface area contributed by atoms with Crippen molar-refractivity contribution in [1.82, 2.24) is 9.97 Å². The van der Waals surface area contributed by atoms with Crippen molar-refractivity contribution in [3.8, 4) is 11.6 Å². The number of hydrogen-bond donors (Lipinski definition) is 2. The normalized spacial score (nSPS) is 15.6. The molecule has 152 valence electrons. The van der Waals surface area contributed by atoms with E-state index in [1.807, 2.05) is 0 Å². The van der Waals surface area contributed by atoms with Gasteiger partial charge in [0.15, 0.2) is 0 Å². The number of nitrogens with zero attached hydrogens (tertiary/aromatic N) is 3. The maximum absolute atomic E-state index is 12.1. The lowest BCUT2D eigenvalue weighted by molar-refractivity contribution is -0.116. The quantitative estimate of drug-likeness (QED) is 0.668. The first kappa shape index (κ1) is 19.2. The first-order valence-corrected chi connectivity index (χ1v) is 9.88. The maximum atomic E-state index is 12.1. The first-order valence-electron chi connectivity index (χ1n) is 9.88. The highest BCUT2D eigenvalue weighted by atomic mass is 16.5. The SMILES string of the molecule is CC(=O)N(CC1CC1)c1cc(Oc2cnc(NCC3CC3)cn2)cc(C(=O)O)c1. The number of carbonyl (C=O) groups is 2. The minimum absolute atomic E-state index is 0.0511. The minimum Gasteiger partial charge on any atom is -0.478 e. The van der Waals surface area contributed by atoms with Gasteiger partial charge in [0.05, 0.1) is 18.0 Å². The van der Waals surface area contributed by atoms with Crippen molar-refractivity contribution in [2.45, 2.75) is 32.6 Å². The van der Waals surface area contributed by atoms with Crippen molar-refractivity contribution in [2.24, 2.45) is 11.8 Å². The molecular weight excluding hydrogens is 372 g/mol. The average Bonchev–Trinajstić information content (AvgIpc) is 3.60. The van der Waals surface area contributed by atoms with Crippen LogP contribution in [0.5, 0.6) is 11.6 Å². The van der Waals surface area contributed by atoms with Gasteiger partial charge in [0.2, 0.25) is 11.8 Å². The number of carboxylic acid groups (broad SMARTS) is 1. The van der Waals surface area contributed by atoms with Gasteiger partial charge >= 0.3 is 5.97 Å². The molecule has 0 saturated heterocycles. The van der Waals surface area contributed by atoms with E-state index in [1.165, 1.54) is 38.1 Å². The molecule has 0 unspecified atom stereocenters. The number of amides is 1. The summed E-state index contributed by atoms with van der Waals surface area (Å²) >= 11 is 0. The van der Waals surface area contributed by atoms with E-state index < -0.39 is 5.97 Å². The van der Waals surface area contributed by atoms with Gasteiger partial charge in [-0.15, -0.1) is 0 Å². The van der Waals surface area contributed by atoms with Crippen LogP contribution in [-0.2, 0) is 4.79 Å². The van der Waals surface area contributed by atoms with Gasteiger partial charge in [-0.2, -0.15) is 0 Å². The van der Waals surface area contributed by atoms with E-state index in [1.54, 1.807) is 17.2 Å². The van der Waals surface area contributed by atoms with Crippen LogP contribution in [0.1, 0.15) is 43.0 Å². The Morgan fingerprint density at radius 2 is 1.90 bits per heavy atom. The summed E-state index contributed by atoms with van der Waals surface area (Å²) in [6, 6.07) is 4.58. The topological polar surface area (TPSA) is 105 Å². The molecule has 1 aromatic carbocycles. The molecule has 2 aliphatic carbocycles. The zero-order valence-electron chi connectivity index (χ0n) is 16.3. The van der Waals surface area contributed by atoms with E-state index in [-0.39, 0.29) is 17.4 Å². The Labute approximate surface area is 168 Å². The van der Waals surface area contributed by atoms with Crippen molar-refractivity contribution in [2.75, 3.05) is 23.3 Å². The van der Waals surface area contributed by atoms with Gasteiger partial charge in [-0.3, -0.25) is 4.79 Å². The predicted molar refractivity (Wildman–Crippen MR) is 107 cm³/mol. The van der Waals surface area contributed by atoms with E-state index in [9.17, 15) is 14.7 Å². The van der Waals surface area contributed by atoms with Crippen LogP contribution in [0.2, 0.25) is 0 Å². The summed E-state index contributed by atoms with van der Waals surface area (Å²) in [6.07, 6.45) is 7.76. The van der Waals surface area contributed by atoms with Crippen molar-refractivity contribution in [3.63, 3.8) is 0 Å². The van der Waals surface area contributed by atoms with E-state index in [2.05, 4.69) is 15.3 Å². The molecule has 2 saturated carbocycles. The number of aromatic nitrogens is 2. The molecule has 0 bridgehead atoms. The zero-order valence-corrected chi connectivity index (χ0v) is 16.3. The molecule has 29 heavy (non-hydrogen) atoms. The number of aromatic carboxylic acids is 1. The van der Waals surface area contributed by atoms with E-state index in [4.69, 9.17) is 4.74 Å². The van der Waals surface area contributed by atoms with Gasteiger partial charge in [0.25, 0.3) is 0 Å². The summed E-state index contributed by atoms with van der Waals surface area (Å²) in [5, 5.41) is 12.7. The summed E-state index contributed by atoms with van der Waals surface area (Å²) in [4.78, 5) is 33.8. The standard InChI is InChI=1S/C21H24N4O4/c1-13(26)25(12-15-4-5-15)17-6-16(21(27)28)7-18(8-17)29-20-11-23-19(10-24-20)22-9-14-2-3-14/h6-8,10-11,14-15H,2-5,9,12H2,1H3,(H,22,23)(H,27,28). The van der Waals surface area contributed by atoms with Crippen molar-refractivity contribution < 1.29 is 19.4 Å². The molecule has 2 aliphatic rings. The third kappa shape index (κ3) is 5.22. The molecule has 8 nitrogen and oxygen atoms in total. The molecule has 4 rings (SSSR count). The number of anilines is 2. The second-order valence-electron chi connectivity index (χ2n) is 7.76. The second-order valence-corrected chi connectivity index (χ2v) is 7.76. The molecule has 8 heteroatoms. The van der Waals surface area contributed by atoms with Crippen molar-refractivity contribution >= 4 is 23.4 Å². The van der Waals surface area contributed by atoms with Gasteiger partial charge < -0.3 is 20.1 Å². The lowest BCUT2D eigenvalue weighted by Crippen LogP contribution is -2.30. The van der Waals surface area contributed by atoms with Crippen molar-refractivity contribution in [3.05, 3.63) is 36.2 Å². The Kier molecular flexibility index (Phi) is 5.33. The highest BCUT2D eigenvalue weighted by molar-refractivity contribution is 5.95. The van der Waals surface area contributed by atoms with E-state index in [0.29, 0.717) is 29.7 Å². The molecule has 0 radical (unpaired) electrons. The molecule has 2 aromatic rings. The van der Waals surface area contributed by atoms with Crippen LogP contribution in [-0.4, -0.2) is 40.0 Å². The number of benzene rings is 1. The summed E-state index contributed by atoms with van der Waals surface area (Å²) < 4.78 is 5.75. The summed E-state index contributed by atoms with van der Waals surface area (Å²) in [5.41, 5.74) is 0.560. The van der Waals surface area contributed by atoms with Crippen LogP contribution >= 0.6 is 0 Å². The van der Waals surface area contributed by atoms with Gasteiger partial charge in [-0.1, -0.05) is 0 Å². The molecule has 2 N–H and O–H groups in total. The minimum atomic E-state index is -1.09. The Morgan fingerprint density at radius 3 is 2.48 bits per heavy atom. The monoisotopic (exact) mass is 396 g/mol. The lowest BCUT2D eigenvalue weighted by Gasteiger charge is -2.22. The summed E-state index contributed by atoms with van der Waals surface area (Å²) in [7, 11) is 0. The zero-order chi connectivity index (χ0) is 20.4. The third-order valence-electron chi connectivity index (χ3n) is 5.09. The molecule has 0 atom stereocenters. The molecule has 0 aliphatic heterocycles. The van der Waals surface area contributed by atoms with Crippen LogP contribution in [0.4, 0.5) is 11.5 Å². The van der Waals surface area contributed by atoms with Crippen molar-refractivity contribution in [1.29, 1.82) is 0 Å². The number of ether oxygens (including phenoxy) is 1. The first-order chi connectivity index (χ1) is 14.0. The molecule has 1 heterocycles. The Hall–Kier alpha value is -3.16. The van der Waals surface area contributed by atoms with Gasteiger partial charge in [0.1, 0.15) is 11.6 Å². The number of carboxylic acids is 1. The van der Waals surface area contributed by atoms with Crippen LogP contribution in [0.15, 0.2) is 30.6 Å². The average molecular weight is 396 g/mol. The Bertz CT molecular complexity index is 907. The fraction of sp³-hybridized carbons (Fsp3) is 0.429. The predicted octanol–water partition coefficient (Wildman–Crippen LogP) is 3.55. The Balaban J connectivity index is 1.52. The summed E-state index contributed by atoms with van der Waals surface area (Å²) in [6.45, 7) is 2.95. The van der Waals surface area contributed by atoms with Crippen LogP contribution < -0.4 is 15.0 Å². The molecule has 2 fully saturated rings. The highest BCUT2D eigenvalue weighted by Gasteiger charge is 2.27. The fourth-order valence-electron chi connectivity index (χ4n) is 3.05. The second kappa shape index (κ2) is 8.06. The van der Waals surface area contributed by atoms with E-state index >= 15 is 0 Å². The van der Waals surface area contributed by atoms with E-state index in [0.717, 1.165) is 25.3 Å². The van der Waals surface area contributed by atoms with Crippen LogP contribution in [0, 0.1) is 11.8 Å². The van der Waals surface area contributed by atoms with Gasteiger partial charge in [0, 0.05) is 31.8 Å². The molecule has 1 amide bonds. The molecule has 0 spiro atoms. The Morgan fingerprint density at radius 1 is 1.14 bits per heavy atom. The largest absolute Gasteiger partial charge is 0.478 e. The van der Waals surface area contributed by atoms with Crippen LogP contribution in [0.25, 0.3) is 0 Å². The maximum Gasteiger partial charge on any atom is 0.335 e. The number of hydrogen-bond acceptors (Lipinski definition) is 6. The molecule has 1 aromatic heterocycles. The highest BCUT2D eigenvalue weighted by Crippen LogP contribution is 2.34. The van der Waals surface area contributed by atoms with Gasteiger partial charge in [-0.25, -0.2) is 14.8 Å². The number of carbonyl (C=O) groups excluding carboxylic acids is 1. The number of rotatable bonds is 9.